The minimum atomic E-state index is 0.508. The average Bonchev–Trinajstić information content (AvgIpc) is 2.85. The number of anilines is 1. The first-order chi connectivity index (χ1) is 9.22. The van der Waals surface area contributed by atoms with E-state index in [0.717, 1.165) is 37.3 Å². The predicted octanol–water partition coefficient (Wildman–Crippen LogP) is 1.17. The molecule has 0 amide bonds. The Morgan fingerprint density at radius 2 is 2.42 bits per heavy atom. The van der Waals surface area contributed by atoms with Gasteiger partial charge in [-0.25, -0.2) is 4.98 Å². The average molecular weight is 260 g/mol. The number of oxazole rings is 1. The maximum absolute atomic E-state index is 5.35. The van der Waals surface area contributed by atoms with Crippen LogP contribution < -0.4 is 10.2 Å². The second-order valence-corrected chi connectivity index (χ2v) is 5.30. The number of likely N-dealkylation sites (N-methyl/N-ethyl adjacent to an activating group) is 2. The summed E-state index contributed by atoms with van der Waals surface area (Å²) >= 11 is 0. The summed E-state index contributed by atoms with van der Waals surface area (Å²) in [6.07, 6.45) is 1.49. The van der Waals surface area contributed by atoms with E-state index in [4.69, 9.17) is 4.42 Å². The normalized spacial score (nSPS) is 20.8. The van der Waals surface area contributed by atoms with Crippen LogP contribution in [0.1, 0.15) is 0 Å². The van der Waals surface area contributed by atoms with Crippen molar-refractivity contribution in [3.63, 3.8) is 0 Å². The molecule has 19 heavy (non-hydrogen) atoms. The van der Waals surface area contributed by atoms with Crippen molar-refractivity contribution in [2.75, 3.05) is 45.2 Å². The van der Waals surface area contributed by atoms with Gasteiger partial charge >= 0.3 is 0 Å². The van der Waals surface area contributed by atoms with Crippen molar-refractivity contribution in [3.8, 4) is 0 Å². The molecule has 0 radical (unpaired) electrons. The molecule has 0 aliphatic carbocycles. The molecule has 0 saturated carbocycles. The Bertz CT molecular complexity index is 553. The lowest BCUT2D eigenvalue weighted by atomic mass is 10.2. The maximum Gasteiger partial charge on any atom is 0.181 e. The maximum atomic E-state index is 5.35. The number of piperazine rings is 1. The van der Waals surface area contributed by atoms with Crippen LogP contribution in [0, 0.1) is 0 Å². The van der Waals surface area contributed by atoms with Gasteiger partial charge in [-0.15, -0.1) is 0 Å². The van der Waals surface area contributed by atoms with Crippen molar-refractivity contribution in [3.05, 3.63) is 24.6 Å². The van der Waals surface area contributed by atoms with Crippen LogP contribution in [0.3, 0.4) is 0 Å². The Hall–Kier alpha value is -1.59. The number of hydrogen-bond acceptors (Lipinski definition) is 5. The molecular formula is C14H20N4O. The van der Waals surface area contributed by atoms with E-state index in [1.54, 1.807) is 0 Å². The van der Waals surface area contributed by atoms with Gasteiger partial charge in [0.25, 0.3) is 0 Å². The van der Waals surface area contributed by atoms with Crippen LogP contribution in [0.4, 0.5) is 5.69 Å². The van der Waals surface area contributed by atoms with E-state index in [9.17, 15) is 0 Å². The van der Waals surface area contributed by atoms with Gasteiger partial charge in [0.2, 0.25) is 0 Å². The molecule has 3 rings (SSSR count). The Balaban J connectivity index is 1.70. The lowest BCUT2D eigenvalue weighted by Gasteiger charge is -2.34. The predicted molar refractivity (Wildman–Crippen MR) is 76.6 cm³/mol. The Labute approximate surface area is 113 Å². The molecule has 0 bridgehead atoms. The summed E-state index contributed by atoms with van der Waals surface area (Å²) in [6, 6.07) is 6.66. The van der Waals surface area contributed by atoms with E-state index >= 15 is 0 Å². The minimum Gasteiger partial charge on any atom is -0.443 e. The van der Waals surface area contributed by atoms with Crippen LogP contribution >= 0.6 is 0 Å². The lowest BCUT2D eigenvalue weighted by molar-refractivity contribution is 0.241. The molecule has 102 valence electrons. The van der Waals surface area contributed by atoms with Gasteiger partial charge in [-0.1, -0.05) is 0 Å². The van der Waals surface area contributed by atoms with Gasteiger partial charge in [-0.3, -0.25) is 0 Å². The zero-order chi connectivity index (χ0) is 13.2. The highest BCUT2D eigenvalue weighted by atomic mass is 16.3. The summed E-state index contributed by atoms with van der Waals surface area (Å²) in [5.41, 5.74) is 2.92. The fourth-order valence-corrected chi connectivity index (χ4v) is 2.63. The molecule has 5 heteroatoms. The van der Waals surface area contributed by atoms with Gasteiger partial charge in [0.05, 0.1) is 0 Å². The summed E-state index contributed by atoms with van der Waals surface area (Å²) in [4.78, 5) is 8.77. The van der Waals surface area contributed by atoms with Gasteiger partial charge in [-0.05, 0) is 19.2 Å². The molecule has 0 spiro atoms. The van der Waals surface area contributed by atoms with Gasteiger partial charge in [-0.2, -0.15) is 0 Å². The Morgan fingerprint density at radius 1 is 1.53 bits per heavy atom. The van der Waals surface area contributed by atoms with Crippen LogP contribution in [0.5, 0.6) is 0 Å². The molecule has 1 N–H and O–H groups in total. The summed E-state index contributed by atoms with van der Waals surface area (Å²) < 4.78 is 5.35. The number of rotatable bonds is 3. The van der Waals surface area contributed by atoms with E-state index in [0.29, 0.717) is 6.04 Å². The summed E-state index contributed by atoms with van der Waals surface area (Å²) in [5.74, 6) is 0. The standard InChI is InChI=1S/C14H20N4O/c1-17-6-5-15-11(8-17)9-18(2)12-3-4-13-14(7-12)19-10-16-13/h3-4,7,10-11,15H,5-6,8-9H2,1-2H3. The smallest absolute Gasteiger partial charge is 0.181 e. The molecular weight excluding hydrogens is 240 g/mol. The highest BCUT2D eigenvalue weighted by molar-refractivity contribution is 5.77. The van der Waals surface area contributed by atoms with Gasteiger partial charge in [0, 0.05) is 51.0 Å². The number of fused-ring (bicyclic) bond motifs is 1. The first-order valence-corrected chi connectivity index (χ1v) is 6.69. The van der Waals surface area contributed by atoms with Gasteiger partial charge in [0.15, 0.2) is 12.0 Å². The van der Waals surface area contributed by atoms with E-state index < -0.39 is 0 Å². The fraction of sp³-hybridized carbons (Fsp3) is 0.500. The number of benzene rings is 1. The van der Waals surface area contributed by atoms with E-state index in [-0.39, 0.29) is 0 Å². The zero-order valence-corrected chi connectivity index (χ0v) is 11.5. The summed E-state index contributed by atoms with van der Waals surface area (Å²) in [5, 5.41) is 3.56. The molecule has 5 nitrogen and oxygen atoms in total. The van der Waals surface area contributed by atoms with E-state index in [1.165, 1.54) is 12.1 Å². The molecule has 1 atom stereocenters. The lowest BCUT2D eigenvalue weighted by Crippen LogP contribution is -2.53. The topological polar surface area (TPSA) is 44.5 Å². The number of hydrogen-bond donors (Lipinski definition) is 1. The first-order valence-electron chi connectivity index (χ1n) is 6.69. The minimum absolute atomic E-state index is 0.508. The first kappa shape index (κ1) is 12.4. The van der Waals surface area contributed by atoms with Crippen LogP contribution in [-0.2, 0) is 0 Å². The Morgan fingerprint density at radius 3 is 3.26 bits per heavy atom. The molecule has 1 aliphatic rings. The SMILES string of the molecule is CN1CCNC(CN(C)c2ccc3ncoc3c2)C1. The van der Waals surface area contributed by atoms with Crippen molar-refractivity contribution >= 4 is 16.8 Å². The number of aromatic nitrogens is 1. The van der Waals surface area contributed by atoms with Crippen LogP contribution in [-0.4, -0.2) is 56.2 Å². The van der Waals surface area contributed by atoms with Crippen molar-refractivity contribution in [1.82, 2.24) is 15.2 Å². The quantitative estimate of drug-likeness (QED) is 0.897. The van der Waals surface area contributed by atoms with Gasteiger partial charge in [0.1, 0.15) is 5.52 Å². The highest BCUT2D eigenvalue weighted by Gasteiger charge is 2.18. The van der Waals surface area contributed by atoms with Crippen molar-refractivity contribution < 1.29 is 4.42 Å². The molecule has 1 saturated heterocycles. The second kappa shape index (κ2) is 5.19. The number of nitrogens with zero attached hydrogens (tertiary/aromatic N) is 3. The summed E-state index contributed by atoms with van der Waals surface area (Å²) in [6.45, 7) is 4.28. The number of nitrogens with one attached hydrogen (secondary N) is 1. The third kappa shape index (κ3) is 2.72. The van der Waals surface area contributed by atoms with Crippen LogP contribution in [0.15, 0.2) is 29.0 Å². The van der Waals surface area contributed by atoms with Crippen LogP contribution in [0.2, 0.25) is 0 Å². The molecule has 2 aromatic rings. The molecule has 1 aromatic carbocycles. The van der Waals surface area contributed by atoms with Crippen molar-refractivity contribution in [2.45, 2.75) is 6.04 Å². The highest BCUT2D eigenvalue weighted by Crippen LogP contribution is 2.20. The molecule has 1 aromatic heterocycles. The monoisotopic (exact) mass is 260 g/mol. The molecule has 2 heterocycles. The van der Waals surface area contributed by atoms with E-state index in [1.807, 2.05) is 6.07 Å². The third-order valence-electron chi connectivity index (χ3n) is 3.71. The van der Waals surface area contributed by atoms with Crippen LogP contribution in [0.25, 0.3) is 11.1 Å². The molecule has 1 aliphatic heterocycles. The zero-order valence-electron chi connectivity index (χ0n) is 11.5. The largest absolute Gasteiger partial charge is 0.443 e. The van der Waals surface area contributed by atoms with Crippen molar-refractivity contribution in [2.24, 2.45) is 0 Å². The second-order valence-electron chi connectivity index (χ2n) is 5.30. The fourth-order valence-electron chi connectivity index (χ4n) is 2.63. The van der Waals surface area contributed by atoms with Crippen molar-refractivity contribution in [1.29, 1.82) is 0 Å². The van der Waals surface area contributed by atoms with Gasteiger partial charge < -0.3 is 19.5 Å². The van der Waals surface area contributed by atoms with E-state index in [2.05, 4.69) is 46.3 Å². The summed E-state index contributed by atoms with van der Waals surface area (Å²) in [7, 11) is 4.29. The Kier molecular flexibility index (Phi) is 3.40. The molecule has 1 fully saturated rings. The molecule has 1 unspecified atom stereocenters. The third-order valence-corrected chi connectivity index (χ3v) is 3.71.